The molecule has 0 unspecified atom stereocenters. The van der Waals surface area contributed by atoms with Crippen LogP contribution in [0, 0.1) is 5.92 Å². The number of hydrogen-bond donors (Lipinski definition) is 3. The minimum atomic E-state index is -5.29. The SMILES string of the molecule is CC(=O)[C@H]1[C@@H](c2cn(-c3ccccc3)nc2-c2ccccc2)NC(=O)N[C@]1(O)C(F)(F)F. The molecular weight excluding hydrogens is 425 g/mol. The molecule has 4 rings (SSSR count). The monoisotopic (exact) mass is 444 g/mol. The average molecular weight is 444 g/mol. The van der Waals surface area contributed by atoms with Gasteiger partial charge >= 0.3 is 12.2 Å². The van der Waals surface area contributed by atoms with E-state index in [9.17, 15) is 27.9 Å². The van der Waals surface area contributed by atoms with Gasteiger partial charge in [-0.3, -0.25) is 4.79 Å². The van der Waals surface area contributed by atoms with Crippen LogP contribution in [-0.4, -0.2) is 38.6 Å². The van der Waals surface area contributed by atoms with Gasteiger partial charge in [0.2, 0.25) is 5.72 Å². The molecule has 1 fully saturated rings. The lowest BCUT2D eigenvalue weighted by Gasteiger charge is -2.44. The van der Waals surface area contributed by atoms with E-state index in [1.807, 2.05) is 0 Å². The highest BCUT2D eigenvalue weighted by molar-refractivity contribution is 5.86. The van der Waals surface area contributed by atoms with Crippen molar-refractivity contribution in [3.05, 3.63) is 72.4 Å². The third-order valence-electron chi connectivity index (χ3n) is 5.39. The third-order valence-corrected chi connectivity index (χ3v) is 5.39. The smallest absolute Gasteiger partial charge is 0.363 e. The molecule has 0 radical (unpaired) electrons. The molecule has 1 aliphatic rings. The van der Waals surface area contributed by atoms with Gasteiger partial charge in [-0.1, -0.05) is 48.5 Å². The molecule has 166 valence electrons. The number of aliphatic hydroxyl groups is 1. The second-order valence-electron chi connectivity index (χ2n) is 7.51. The third kappa shape index (κ3) is 3.62. The first-order valence-corrected chi connectivity index (χ1v) is 9.70. The van der Waals surface area contributed by atoms with E-state index in [0.29, 0.717) is 11.3 Å². The van der Waals surface area contributed by atoms with Gasteiger partial charge in [0.25, 0.3) is 0 Å². The lowest BCUT2D eigenvalue weighted by atomic mass is 9.79. The topological polar surface area (TPSA) is 96.2 Å². The van der Waals surface area contributed by atoms with Crippen molar-refractivity contribution >= 4 is 11.8 Å². The summed E-state index contributed by atoms with van der Waals surface area (Å²) in [6.07, 6.45) is -3.83. The van der Waals surface area contributed by atoms with Crippen LogP contribution in [0.5, 0.6) is 0 Å². The molecule has 1 saturated heterocycles. The molecule has 2 heterocycles. The van der Waals surface area contributed by atoms with Crippen molar-refractivity contribution in [3.63, 3.8) is 0 Å². The zero-order valence-electron chi connectivity index (χ0n) is 16.8. The molecule has 1 aliphatic heterocycles. The van der Waals surface area contributed by atoms with E-state index in [0.717, 1.165) is 6.92 Å². The minimum Gasteiger partial charge on any atom is -0.363 e. The maximum atomic E-state index is 13.8. The van der Waals surface area contributed by atoms with Crippen LogP contribution in [0.25, 0.3) is 16.9 Å². The van der Waals surface area contributed by atoms with E-state index < -0.39 is 35.7 Å². The van der Waals surface area contributed by atoms with Crippen LogP contribution in [0.15, 0.2) is 66.9 Å². The number of amides is 2. The fourth-order valence-corrected chi connectivity index (χ4v) is 3.93. The van der Waals surface area contributed by atoms with Gasteiger partial charge in [-0.15, -0.1) is 0 Å². The van der Waals surface area contributed by atoms with Crippen LogP contribution < -0.4 is 10.6 Å². The van der Waals surface area contributed by atoms with E-state index >= 15 is 0 Å². The number of alkyl halides is 3. The van der Waals surface area contributed by atoms with Gasteiger partial charge in [0, 0.05) is 17.3 Å². The Labute approximate surface area is 180 Å². The zero-order chi connectivity index (χ0) is 23.1. The quantitative estimate of drug-likeness (QED) is 0.575. The summed E-state index contributed by atoms with van der Waals surface area (Å²) >= 11 is 0. The first-order chi connectivity index (χ1) is 15.1. The van der Waals surface area contributed by atoms with Crippen molar-refractivity contribution in [2.24, 2.45) is 5.92 Å². The lowest BCUT2D eigenvalue weighted by Crippen LogP contribution is -2.72. The number of carbonyl (C=O) groups excluding carboxylic acids is 2. The molecule has 3 atom stereocenters. The number of carbonyl (C=O) groups is 2. The molecule has 7 nitrogen and oxygen atoms in total. The summed E-state index contributed by atoms with van der Waals surface area (Å²) in [4.78, 5) is 24.6. The highest BCUT2D eigenvalue weighted by atomic mass is 19.4. The van der Waals surface area contributed by atoms with Crippen LogP contribution in [0.1, 0.15) is 18.5 Å². The van der Waals surface area contributed by atoms with Crippen molar-refractivity contribution in [3.8, 4) is 16.9 Å². The Morgan fingerprint density at radius 3 is 2.25 bits per heavy atom. The summed E-state index contributed by atoms with van der Waals surface area (Å²) in [6, 6.07) is 14.8. The predicted octanol–water partition coefficient (Wildman–Crippen LogP) is 3.35. The summed E-state index contributed by atoms with van der Waals surface area (Å²) in [7, 11) is 0. The number of benzene rings is 2. The van der Waals surface area contributed by atoms with Crippen LogP contribution >= 0.6 is 0 Å². The predicted molar refractivity (Wildman–Crippen MR) is 109 cm³/mol. The zero-order valence-corrected chi connectivity index (χ0v) is 16.8. The Hall–Kier alpha value is -3.66. The number of nitrogens with zero attached hydrogens (tertiary/aromatic N) is 2. The Morgan fingerprint density at radius 1 is 1.09 bits per heavy atom. The Morgan fingerprint density at radius 2 is 1.69 bits per heavy atom. The van der Waals surface area contributed by atoms with Crippen LogP contribution in [0.4, 0.5) is 18.0 Å². The number of aromatic nitrogens is 2. The van der Waals surface area contributed by atoms with Crippen LogP contribution in [0.3, 0.4) is 0 Å². The Bertz CT molecular complexity index is 1150. The highest BCUT2D eigenvalue weighted by Gasteiger charge is 2.66. The highest BCUT2D eigenvalue weighted by Crippen LogP contribution is 2.44. The van der Waals surface area contributed by atoms with Gasteiger partial charge in [-0.2, -0.15) is 18.3 Å². The average Bonchev–Trinajstić information content (AvgIpc) is 3.19. The lowest BCUT2D eigenvalue weighted by molar-refractivity contribution is -0.290. The first kappa shape index (κ1) is 21.6. The first-order valence-electron chi connectivity index (χ1n) is 9.70. The normalized spacial score (nSPS) is 23.3. The molecule has 32 heavy (non-hydrogen) atoms. The van der Waals surface area contributed by atoms with E-state index in [4.69, 9.17) is 0 Å². The van der Waals surface area contributed by atoms with Crippen molar-refractivity contribution in [1.29, 1.82) is 0 Å². The molecule has 0 bridgehead atoms. The maximum Gasteiger partial charge on any atom is 0.437 e. The largest absolute Gasteiger partial charge is 0.437 e. The molecule has 3 N–H and O–H groups in total. The van der Waals surface area contributed by atoms with Gasteiger partial charge in [0.05, 0.1) is 23.3 Å². The second kappa shape index (κ2) is 7.79. The molecule has 3 aromatic rings. The molecule has 0 aliphatic carbocycles. The minimum absolute atomic E-state index is 0.165. The Balaban J connectivity index is 1.93. The van der Waals surface area contributed by atoms with Crippen molar-refractivity contribution in [2.45, 2.75) is 24.9 Å². The van der Waals surface area contributed by atoms with E-state index in [2.05, 4.69) is 10.4 Å². The summed E-state index contributed by atoms with van der Waals surface area (Å²) in [6.45, 7) is 0.942. The van der Waals surface area contributed by atoms with Crippen LogP contribution in [-0.2, 0) is 4.79 Å². The van der Waals surface area contributed by atoms with Crippen molar-refractivity contribution in [1.82, 2.24) is 20.4 Å². The van der Waals surface area contributed by atoms with Crippen molar-refractivity contribution < 1.29 is 27.9 Å². The van der Waals surface area contributed by atoms with E-state index in [1.54, 1.807) is 60.7 Å². The molecule has 0 saturated carbocycles. The number of ketones is 1. The summed E-state index contributed by atoms with van der Waals surface area (Å²) in [5.41, 5.74) is -2.10. The van der Waals surface area contributed by atoms with Crippen LogP contribution in [0.2, 0.25) is 0 Å². The standard InChI is InChI=1S/C22H19F3N4O3/c1-13(30)17-19(26-20(31)27-21(17,32)22(23,24)25)16-12-29(15-10-6-3-7-11-15)28-18(16)14-8-4-2-5-9-14/h2-12,17,19,32H,1H3,(H2,26,27,31)/t17-,19+,21+/m0/s1. The number of halogens is 3. The number of rotatable bonds is 4. The van der Waals surface area contributed by atoms with Gasteiger partial charge in [0.15, 0.2) is 0 Å². The number of hydrogen-bond acceptors (Lipinski definition) is 4. The number of para-hydroxylation sites is 1. The molecule has 2 amide bonds. The van der Waals surface area contributed by atoms with Gasteiger partial charge < -0.3 is 15.7 Å². The molecule has 2 aromatic carbocycles. The van der Waals surface area contributed by atoms with E-state index in [-0.39, 0.29) is 11.3 Å². The van der Waals surface area contributed by atoms with Gasteiger partial charge in [0.1, 0.15) is 5.78 Å². The summed E-state index contributed by atoms with van der Waals surface area (Å²) in [5, 5.41) is 18.9. The van der Waals surface area contributed by atoms with E-state index in [1.165, 1.54) is 16.2 Å². The van der Waals surface area contributed by atoms with Crippen molar-refractivity contribution in [2.75, 3.05) is 0 Å². The fourth-order valence-electron chi connectivity index (χ4n) is 3.93. The molecule has 1 aromatic heterocycles. The molecule has 0 spiro atoms. The van der Waals surface area contributed by atoms with Gasteiger partial charge in [-0.05, 0) is 19.1 Å². The number of urea groups is 1. The summed E-state index contributed by atoms with van der Waals surface area (Å²) < 4.78 is 42.9. The molecular formula is C22H19F3N4O3. The van der Waals surface area contributed by atoms with Gasteiger partial charge in [-0.25, -0.2) is 9.48 Å². The Kier molecular flexibility index (Phi) is 5.25. The second-order valence-corrected chi connectivity index (χ2v) is 7.51. The number of nitrogens with one attached hydrogen (secondary N) is 2. The fraction of sp³-hybridized carbons (Fsp3) is 0.227. The number of Topliss-reactive ketones (excluding diaryl/α,β-unsaturated/α-hetero) is 1. The summed E-state index contributed by atoms with van der Waals surface area (Å²) in [5.74, 6) is -3.00. The maximum absolute atomic E-state index is 13.8. The molecule has 10 heteroatoms.